The molecule has 2 aliphatic heterocycles. The van der Waals surface area contributed by atoms with Crippen molar-refractivity contribution in [3.05, 3.63) is 46.8 Å². The van der Waals surface area contributed by atoms with Gasteiger partial charge < -0.3 is 14.6 Å². The highest BCUT2D eigenvalue weighted by Crippen LogP contribution is 2.41. The van der Waals surface area contributed by atoms with Gasteiger partial charge >= 0.3 is 6.03 Å². The minimum Gasteiger partial charge on any atom is -0.493 e. The van der Waals surface area contributed by atoms with Crippen LogP contribution in [0.3, 0.4) is 0 Å². The van der Waals surface area contributed by atoms with Crippen molar-refractivity contribution in [3.8, 4) is 5.75 Å². The van der Waals surface area contributed by atoms with E-state index in [2.05, 4.69) is 10.5 Å². The molecule has 124 valence electrons. The Bertz CT molecular complexity index is 825. The van der Waals surface area contributed by atoms with E-state index in [1.165, 1.54) is 4.90 Å². The molecule has 0 aliphatic carbocycles. The molecule has 2 aliphatic rings. The molecule has 3 amide bonds. The second-order valence-corrected chi connectivity index (χ2v) is 6.12. The van der Waals surface area contributed by atoms with Crippen molar-refractivity contribution in [2.24, 2.45) is 0 Å². The van der Waals surface area contributed by atoms with Gasteiger partial charge in [0.05, 0.1) is 18.8 Å². The number of rotatable bonds is 2. The molecule has 7 heteroatoms. The van der Waals surface area contributed by atoms with E-state index in [9.17, 15) is 9.59 Å². The number of nitrogens with one attached hydrogen (secondary N) is 1. The molecule has 1 spiro atoms. The number of ether oxygens (including phenoxy) is 1. The molecule has 3 heterocycles. The Balaban J connectivity index is 1.73. The average molecular weight is 327 g/mol. The first-order valence-electron chi connectivity index (χ1n) is 7.81. The molecule has 1 atom stereocenters. The lowest BCUT2D eigenvalue weighted by Gasteiger charge is -2.33. The third-order valence-corrected chi connectivity index (χ3v) is 4.75. The Labute approximate surface area is 138 Å². The molecule has 2 aromatic rings. The second kappa shape index (κ2) is 5.09. The van der Waals surface area contributed by atoms with E-state index in [1.807, 2.05) is 24.3 Å². The Hall–Kier alpha value is -2.83. The Morgan fingerprint density at radius 2 is 2.08 bits per heavy atom. The van der Waals surface area contributed by atoms with Gasteiger partial charge in [0.15, 0.2) is 5.54 Å². The van der Waals surface area contributed by atoms with Crippen LogP contribution in [0.15, 0.2) is 28.8 Å². The Kier molecular flexibility index (Phi) is 3.13. The number of urea groups is 1. The van der Waals surface area contributed by atoms with Crippen LogP contribution in [0.2, 0.25) is 0 Å². The number of carbonyl (C=O) groups excluding carboxylic acids is 2. The van der Waals surface area contributed by atoms with Crippen LogP contribution in [0, 0.1) is 13.8 Å². The van der Waals surface area contributed by atoms with Crippen LogP contribution in [-0.2, 0) is 16.9 Å². The van der Waals surface area contributed by atoms with Gasteiger partial charge in [-0.15, -0.1) is 0 Å². The van der Waals surface area contributed by atoms with E-state index >= 15 is 0 Å². The number of amides is 3. The van der Waals surface area contributed by atoms with Crippen LogP contribution >= 0.6 is 0 Å². The fourth-order valence-corrected chi connectivity index (χ4v) is 3.40. The van der Waals surface area contributed by atoms with Crippen molar-refractivity contribution in [3.63, 3.8) is 0 Å². The number of aryl methyl sites for hydroxylation is 2. The minimum atomic E-state index is -1.05. The maximum absolute atomic E-state index is 13.1. The van der Waals surface area contributed by atoms with Gasteiger partial charge in [0, 0.05) is 17.5 Å². The van der Waals surface area contributed by atoms with E-state index in [0.717, 1.165) is 5.56 Å². The van der Waals surface area contributed by atoms with Gasteiger partial charge in [-0.1, -0.05) is 23.4 Å². The third kappa shape index (κ3) is 1.94. The molecule has 1 aromatic carbocycles. The molecule has 1 N–H and O–H groups in total. The van der Waals surface area contributed by atoms with Crippen LogP contribution in [-0.4, -0.2) is 28.6 Å². The zero-order valence-electron chi connectivity index (χ0n) is 13.5. The van der Waals surface area contributed by atoms with E-state index in [0.29, 0.717) is 35.8 Å². The summed E-state index contributed by atoms with van der Waals surface area (Å²) in [7, 11) is 0. The highest BCUT2D eigenvalue weighted by molar-refractivity contribution is 6.07. The van der Waals surface area contributed by atoms with Crippen molar-refractivity contribution in [2.45, 2.75) is 32.4 Å². The number of para-hydroxylation sites is 1. The average Bonchev–Trinajstić information content (AvgIpc) is 3.01. The Morgan fingerprint density at radius 1 is 1.29 bits per heavy atom. The van der Waals surface area contributed by atoms with Gasteiger partial charge in [-0.25, -0.2) is 4.79 Å². The zero-order chi connectivity index (χ0) is 16.9. The van der Waals surface area contributed by atoms with Gasteiger partial charge in [0.2, 0.25) is 0 Å². The fraction of sp³-hybridized carbons (Fsp3) is 0.353. The summed E-state index contributed by atoms with van der Waals surface area (Å²) in [4.78, 5) is 26.9. The maximum Gasteiger partial charge on any atom is 0.325 e. The normalized spacial score (nSPS) is 22.5. The van der Waals surface area contributed by atoms with Crippen molar-refractivity contribution >= 4 is 11.9 Å². The van der Waals surface area contributed by atoms with Gasteiger partial charge in [-0.3, -0.25) is 9.69 Å². The van der Waals surface area contributed by atoms with Crippen molar-refractivity contribution in [2.75, 3.05) is 6.61 Å². The number of hydrogen-bond donors (Lipinski definition) is 1. The molecule has 1 saturated heterocycles. The molecule has 24 heavy (non-hydrogen) atoms. The maximum atomic E-state index is 13.1. The summed E-state index contributed by atoms with van der Waals surface area (Å²) in [6, 6.07) is 6.92. The van der Waals surface area contributed by atoms with E-state index in [4.69, 9.17) is 9.26 Å². The molecular weight excluding hydrogens is 310 g/mol. The first kappa shape index (κ1) is 14.7. The molecule has 4 rings (SSSR count). The summed E-state index contributed by atoms with van der Waals surface area (Å²) in [5.41, 5.74) is 1.10. The minimum absolute atomic E-state index is 0.149. The van der Waals surface area contributed by atoms with Crippen LogP contribution < -0.4 is 10.1 Å². The van der Waals surface area contributed by atoms with Gasteiger partial charge in [0.25, 0.3) is 5.91 Å². The summed E-state index contributed by atoms with van der Waals surface area (Å²) in [6.45, 7) is 4.09. The molecule has 0 bridgehead atoms. The Morgan fingerprint density at radius 3 is 2.83 bits per heavy atom. The first-order valence-corrected chi connectivity index (χ1v) is 7.81. The van der Waals surface area contributed by atoms with Crippen molar-refractivity contribution in [1.82, 2.24) is 15.4 Å². The van der Waals surface area contributed by atoms with Crippen LogP contribution in [0.5, 0.6) is 5.75 Å². The summed E-state index contributed by atoms with van der Waals surface area (Å²) in [5, 5.41) is 6.77. The van der Waals surface area contributed by atoms with Crippen LogP contribution in [0.1, 0.15) is 29.0 Å². The largest absolute Gasteiger partial charge is 0.493 e. The SMILES string of the molecule is Cc1noc(C)c1CN1C(=O)N[C@@]2(CCOc3ccccc32)C1=O. The number of nitrogens with zero attached hydrogens (tertiary/aromatic N) is 2. The monoisotopic (exact) mass is 327 g/mol. The number of aromatic nitrogens is 1. The molecule has 7 nitrogen and oxygen atoms in total. The number of carbonyl (C=O) groups is 2. The molecular formula is C17H17N3O4. The standard InChI is InChI=1S/C17H17N3O4/c1-10-12(11(2)24-19-10)9-20-15(21)17(18-16(20)22)7-8-23-14-6-4-3-5-13(14)17/h3-6H,7-9H2,1-2H3,(H,18,22)/t17-/m1/s1. The first-order chi connectivity index (χ1) is 11.5. The zero-order valence-corrected chi connectivity index (χ0v) is 13.5. The smallest absolute Gasteiger partial charge is 0.325 e. The quantitative estimate of drug-likeness (QED) is 0.853. The lowest BCUT2D eigenvalue weighted by atomic mass is 9.84. The molecule has 0 unspecified atom stereocenters. The summed E-state index contributed by atoms with van der Waals surface area (Å²) in [6.07, 6.45) is 0.409. The molecule has 1 fully saturated rings. The van der Waals surface area contributed by atoms with Gasteiger partial charge in [-0.05, 0) is 19.9 Å². The predicted octanol–water partition coefficient (Wildman–Crippen LogP) is 2.02. The van der Waals surface area contributed by atoms with Crippen LogP contribution in [0.4, 0.5) is 4.79 Å². The predicted molar refractivity (Wildman–Crippen MR) is 83.3 cm³/mol. The topological polar surface area (TPSA) is 84.7 Å². The second-order valence-electron chi connectivity index (χ2n) is 6.12. The fourth-order valence-electron chi connectivity index (χ4n) is 3.40. The number of imide groups is 1. The highest BCUT2D eigenvalue weighted by atomic mass is 16.5. The molecule has 0 saturated carbocycles. The molecule has 0 radical (unpaired) electrons. The van der Waals surface area contributed by atoms with Gasteiger partial charge in [-0.2, -0.15) is 0 Å². The number of benzene rings is 1. The van der Waals surface area contributed by atoms with Crippen molar-refractivity contribution in [1.29, 1.82) is 0 Å². The van der Waals surface area contributed by atoms with E-state index < -0.39 is 11.6 Å². The highest BCUT2D eigenvalue weighted by Gasteiger charge is 2.54. The third-order valence-electron chi connectivity index (χ3n) is 4.75. The number of hydrogen-bond acceptors (Lipinski definition) is 5. The molecule has 1 aromatic heterocycles. The summed E-state index contributed by atoms with van der Waals surface area (Å²) >= 11 is 0. The lowest BCUT2D eigenvalue weighted by molar-refractivity contribution is -0.133. The summed E-state index contributed by atoms with van der Waals surface area (Å²) in [5.74, 6) is 0.987. The van der Waals surface area contributed by atoms with Crippen molar-refractivity contribution < 1.29 is 18.8 Å². The number of fused-ring (bicyclic) bond motifs is 2. The van der Waals surface area contributed by atoms with Crippen LogP contribution in [0.25, 0.3) is 0 Å². The van der Waals surface area contributed by atoms with Gasteiger partial charge in [0.1, 0.15) is 11.5 Å². The summed E-state index contributed by atoms with van der Waals surface area (Å²) < 4.78 is 10.8. The van der Waals surface area contributed by atoms with E-state index in [-0.39, 0.29) is 12.5 Å². The lowest BCUT2D eigenvalue weighted by Crippen LogP contribution is -2.47. The van der Waals surface area contributed by atoms with E-state index in [1.54, 1.807) is 13.8 Å².